The Bertz CT molecular complexity index is 812. The van der Waals surface area contributed by atoms with Crippen molar-refractivity contribution in [3.8, 4) is 11.5 Å². The fourth-order valence-electron chi connectivity index (χ4n) is 4.73. The van der Waals surface area contributed by atoms with E-state index in [4.69, 9.17) is 9.47 Å². The van der Waals surface area contributed by atoms with E-state index in [1.165, 1.54) is 0 Å². The topological polar surface area (TPSA) is 112 Å². The average Bonchev–Trinajstić information content (AvgIpc) is 2.86. The quantitative estimate of drug-likeness (QED) is 0.594. The highest BCUT2D eigenvalue weighted by Crippen LogP contribution is 2.37. The van der Waals surface area contributed by atoms with Gasteiger partial charge in [-0.3, -0.25) is 9.59 Å². The maximum Gasteiger partial charge on any atom is 0.260 e. The summed E-state index contributed by atoms with van der Waals surface area (Å²) in [4.78, 5) is 30.0. The molecule has 0 aromatic heterocycles. The van der Waals surface area contributed by atoms with Crippen LogP contribution in [0, 0.1) is 5.41 Å². The van der Waals surface area contributed by atoms with Gasteiger partial charge < -0.3 is 34.8 Å². The lowest BCUT2D eigenvalue weighted by atomic mass is 9.73. The van der Waals surface area contributed by atoms with Gasteiger partial charge in [-0.1, -0.05) is 18.6 Å². The van der Waals surface area contributed by atoms with E-state index in [2.05, 4.69) is 17.3 Å². The summed E-state index contributed by atoms with van der Waals surface area (Å²) in [5.41, 5.74) is -0.465. The van der Waals surface area contributed by atoms with Gasteiger partial charge in [-0.25, -0.2) is 0 Å². The Hall–Kier alpha value is -2.36. The van der Waals surface area contributed by atoms with Gasteiger partial charge in [-0.2, -0.15) is 0 Å². The molecule has 3 rings (SSSR count). The number of rotatable bonds is 4. The largest absolute Gasteiger partial charge is 0.493 e. The fraction of sp³-hybridized carbons (Fsp3) is 0.680. The summed E-state index contributed by atoms with van der Waals surface area (Å²) in [6.07, 6.45) is 1.93. The Kier molecular flexibility index (Phi) is 9.55. The number of hydrogen-bond donors (Lipinski definition) is 3. The van der Waals surface area contributed by atoms with Gasteiger partial charge in [0, 0.05) is 19.6 Å². The predicted molar refractivity (Wildman–Crippen MR) is 128 cm³/mol. The third-order valence-corrected chi connectivity index (χ3v) is 7.14. The third kappa shape index (κ3) is 6.84. The lowest BCUT2D eigenvalue weighted by Gasteiger charge is -2.39. The van der Waals surface area contributed by atoms with Crippen molar-refractivity contribution in [3.05, 3.63) is 24.3 Å². The maximum absolute atomic E-state index is 13.1. The normalized spacial score (nSPS) is 24.9. The SMILES string of the molecule is COc1ccccc1OCC(=O)N1CCCCC2(CCN(C)CC2)C(=O)NC[C@@H](O)[C@@H](O)CC1. The van der Waals surface area contributed by atoms with Gasteiger partial charge in [0.05, 0.1) is 24.7 Å². The van der Waals surface area contributed by atoms with E-state index in [0.29, 0.717) is 24.6 Å². The number of benzene rings is 1. The zero-order valence-electron chi connectivity index (χ0n) is 20.4. The number of ether oxygens (including phenoxy) is 2. The summed E-state index contributed by atoms with van der Waals surface area (Å²) in [6, 6.07) is 7.16. The Morgan fingerprint density at radius 3 is 2.47 bits per heavy atom. The second-order valence-corrected chi connectivity index (χ2v) is 9.49. The van der Waals surface area contributed by atoms with Crippen LogP contribution in [0.4, 0.5) is 0 Å². The van der Waals surface area contributed by atoms with Gasteiger partial charge in [0.1, 0.15) is 0 Å². The number of hydrogen-bond acceptors (Lipinski definition) is 7. The molecule has 2 aliphatic rings. The summed E-state index contributed by atoms with van der Waals surface area (Å²) in [5, 5.41) is 23.7. The number of nitrogens with zero attached hydrogens (tertiary/aromatic N) is 2. The van der Waals surface area contributed by atoms with Crippen LogP contribution in [0.25, 0.3) is 0 Å². The van der Waals surface area contributed by atoms with E-state index in [0.717, 1.165) is 45.2 Å². The number of carbonyl (C=O) groups excluding carboxylic acids is 2. The molecule has 0 bridgehead atoms. The van der Waals surface area contributed by atoms with Crippen molar-refractivity contribution in [2.24, 2.45) is 5.41 Å². The zero-order chi connectivity index (χ0) is 24.6. The first-order valence-electron chi connectivity index (χ1n) is 12.2. The monoisotopic (exact) mass is 477 g/mol. The maximum atomic E-state index is 13.1. The van der Waals surface area contributed by atoms with Crippen LogP contribution in [-0.2, 0) is 9.59 Å². The highest BCUT2D eigenvalue weighted by Gasteiger charge is 2.40. The van der Waals surface area contributed by atoms with E-state index < -0.39 is 17.6 Å². The molecule has 1 aromatic carbocycles. The van der Waals surface area contributed by atoms with Crippen molar-refractivity contribution in [2.75, 3.05) is 53.5 Å². The molecule has 0 aliphatic carbocycles. The fourth-order valence-corrected chi connectivity index (χ4v) is 4.73. The smallest absolute Gasteiger partial charge is 0.260 e. The number of nitrogens with one attached hydrogen (secondary N) is 1. The van der Waals surface area contributed by atoms with Gasteiger partial charge in [-0.15, -0.1) is 0 Å². The van der Waals surface area contributed by atoms with E-state index in [9.17, 15) is 19.8 Å². The van der Waals surface area contributed by atoms with Crippen LogP contribution in [-0.4, -0.2) is 97.5 Å². The molecular formula is C25H39N3O6. The summed E-state index contributed by atoms with van der Waals surface area (Å²) >= 11 is 0. The lowest BCUT2D eigenvalue weighted by molar-refractivity contribution is -0.135. The minimum atomic E-state index is -1.09. The summed E-state index contributed by atoms with van der Waals surface area (Å²) < 4.78 is 11.0. The second-order valence-electron chi connectivity index (χ2n) is 9.49. The number of carbonyl (C=O) groups is 2. The first-order valence-corrected chi connectivity index (χ1v) is 12.2. The summed E-state index contributed by atoms with van der Waals surface area (Å²) in [5.74, 6) is 0.822. The molecule has 1 aromatic rings. The molecule has 2 aliphatic heterocycles. The number of aliphatic hydroxyl groups is 2. The van der Waals surface area contributed by atoms with Crippen LogP contribution in [0.15, 0.2) is 24.3 Å². The van der Waals surface area contributed by atoms with E-state index in [-0.39, 0.29) is 31.4 Å². The van der Waals surface area contributed by atoms with Crippen molar-refractivity contribution < 1.29 is 29.3 Å². The average molecular weight is 478 g/mol. The van der Waals surface area contributed by atoms with Gasteiger partial charge in [0.15, 0.2) is 18.1 Å². The molecule has 2 atom stereocenters. The van der Waals surface area contributed by atoms with Gasteiger partial charge >= 0.3 is 0 Å². The predicted octanol–water partition coefficient (Wildman–Crippen LogP) is 1.03. The lowest BCUT2D eigenvalue weighted by Crippen LogP contribution is -2.50. The van der Waals surface area contributed by atoms with Crippen LogP contribution in [0.2, 0.25) is 0 Å². The molecule has 0 saturated carbocycles. The zero-order valence-corrected chi connectivity index (χ0v) is 20.4. The first kappa shape index (κ1) is 26.2. The molecule has 9 nitrogen and oxygen atoms in total. The molecule has 190 valence electrons. The Balaban J connectivity index is 1.66. The van der Waals surface area contributed by atoms with E-state index >= 15 is 0 Å². The van der Waals surface area contributed by atoms with Crippen LogP contribution in [0.1, 0.15) is 38.5 Å². The summed E-state index contributed by atoms with van der Waals surface area (Å²) in [6.45, 7) is 2.37. The van der Waals surface area contributed by atoms with E-state index in [1.807, 2.05) is 12.1 Å². The number of β-amino-alcohol motifs (C(OH)–C–C–N with tert-alkyl or cyclic N) is 1. The van der Waals surface area contributed by atoms with Crippen molar-refractivity contribution in [1.29, 1.82) is 0 Å². The summed E-state index contributed by atoms with van der Waals surface area (Å²) in [7, 11) is 3.60. The number of methoxy groups -OCH3 is 1. The minimum Gasteiger partial charge on any atom is -0.493 e. The molecule has 2 heterocycles. The Morgan fingerprint density at radius 2 is 1.76 bits per heavy atom. The van der Waals surface area contributed by atoms with Crippen LogP contribution < -0.4 is 14.8 Å². The highest BCUT2D eigenvalue weighted by molar-refractivity contribution is 5.82. The molecule has 34 heavy (non-hydrogen) atoms. The third-order valence-electron chi connectivity index (χ3n) is 7.14. The standard InChI is InChI=1S/C25H39N3O6/c1-27-15-11-25(12-16-27)10-5-6-13-28(14-9-19(29)20(30)17-26-24(25)32)23(31)18-34-22-8-4-3-7-21(22)33-2/h3-4,7-8,19-20,29-30H,5-6,9-18H2,1-2H3,(H,26,32)/t19-,20+/m0/s1. The van der Waals surface area contributed by atoms with Crippen LogP contribution in [0.5, 0.6) is 11.5 Å². The molecule has 1 spiro atoms. The Morgan fingerprint density at radius 1 is 1.06 bits per heavy atom. The van der Waals surface area contributed by atoms with Crippen LogP contribution in [0.3, 0.4) is 0 Å². The number of amides is 2. The number of aliphatic hydroxyl groups excluding tert-OH is 2. The molecule has 2 fully saturated rings. The molecule has 0 radical (unpaired) electrons. The van der Waals surface area contributed by atoms with Gasteiger partial charge in [0.25, 0.3) is 5.91 Å². The van der Waals surface area contributed by atoms with Crippen LogP contribution >= 0.6 is 0 Å². The Labute approximate surface area is 202 Å². The number of para-hydroxylation sites is 2. The molecular weight excluding hydrogens is 438 g/mol. The van der Waals surface area contributed by atoms with Gasteiger partial charge in [-0.05, 0) is 64.4 Å². The van der Waals surface area contributed by atoms with Crippen molar-refractivity contribution in [1.82, 2.24) is 15.1 Å². The molecule has 2 amide bonds. The molecule has 3 N–H and O–H groups in total. The van der Waals surface area contributed by atoms with E-state index in [1.54, 1.807) is 24.1 Å². The van der Waals surface area contributed by atoms with Crippen molar-refractivity contribution in [3.63, 3.8) is 0 Å². The molecule has 9 heteroatoms. The molecule has 0 unspecified atom stereocenters. The van der Waals surface area contributed by atoms with Gasteiger partial charge in [0.2, 0.25) is 5.91 Å². The first-order chi connectivity index (χ1) is 16.3. The highest BCUT2D eigenvalue weighted by atomic mass is 16.5. The van der Waals surface area contributed by atoms with Crippen molar-refractivity contribution >= 4 is 11.8 Å². The molecule has 2 saturated heterocycles. The minimum absolute atomic E-state index is 0.00243. The second kappa shape index (κ2) is 12.4. The van der Waals surface area contributed by atoms with Crippen molar-refractivity contribution in [2.45, 2.75) is 50.7 Å². The number of likely N-dealkylation sites (tertiary alicyclic amines) is 1. The number of piperidine rings is 1.